The monoisotopic (exact) mass is 514 g/mol. The van der Waals surface area contributed by atoms with Gasteiger partial charge in [-0.05, 0) is 67.0 Å². The van der Waals surface area contributed by atoms with Crippen LogP contribution < -0.4 is 16.0 Å². The molecule has 1 aliphatic rings. The number of carboxylic acid groups (broad SMARTS) is 1. The number of aliphatic carboxylic acids is 1. The van der Waals surface area contributed by atoms with E-state index in [0.717, 1.165) is 54.4 Å². The molecule has 4 N–H and O–H groups in total. The van der Waals surface area contributed by atoms with E-state index in [1.54, 1.807) is 36.7 Å². The summed E-state index contributed by atoms with van der Waals surface area (Å²) in [6.45, 7) is 5.73. The van der Waals surface area contributed by atoms with Crippen LogP contribution in [0.2, 0.25) is 0 Å². The van der Waals surface area contributed by atoms with Gasteiger partial charge in [0.2, 0.25) is 0 Å². The number of nitrogens with zero attached hydrogens (tertiary/aromatic N) is 1. The Kier molecular flexibility index (Phi) is 8.10. The minimum absolute atomic E-state index is 0.181. The topological polar surface area (TPSA) is 120 Å². The van der Waals surface area contributed by atoms with E-state index >= 15 is 0 Å². The van der Waals surface area contributed by atoms with Gasteiger partial charge in [-0.3, -0.25) is 9.78 Å². The molecule has 1 fully saturated rings. The number of anilines is 2. The zero-order valence-corrected chi connectivity index (χ0v) is 22.0. The fraction of sp³-hybridized carbons (Fsp3) is 0.333. The molecule has 8 nitrogen and oxygen atoms in total. The molecule has 0 saturated heterocycles. The number of aromatic nitrogens is 1. The lowest BCUT2D eigenvalue weighted by atomic mass is 9.70. The van der Waals surface area contributed by atoms with E-state index in [0.29, 0.717) is 5.69 Å². The highest BCUT2D eigenvalue weighted by atomic mass is 16.4. The number of aryl methyl sites for hydroxylation is 2. The van der Waals surface area contributed by atoms with Crippen LogP contribution in [-0.4, -0.2) is 34.0 Å². The van der Waals surface area contributed by atoms with E-state index in [-0.39, 0.29) is 11.3 Å². The maximum atomic E-state index is 13.5. The van der Waals surface area contributed by atoms with Crippen molar-refractivity contribution in [3.05, 3.63) is 77.6 Å². The summed E-state index contributed by atoms with van der Waals surface area (Å²) < 4.78 is 0. The van der Waals surface area contributed by atoms with Crippen LogP contribution in [-0.2, 0) is 4.79 Å². The van der Waals surface area contributed by atoms with Gasteiger partial charge in [-0.25, -0.2) is 9.59 Å². The van der Waals surface area contributed by atoms with Crippen LogP contribution >= 0.6 is 0 Å². The number of amides is 3. The zero-order valence-electron chi connectivity index (χ0n) is 22.0. The number of urea groups is 1. The van der Waals surface area contributed by atoms with Gasteiger partial charge >= 0.3 is 12.0 Å². The number of hydrogen-bond donors (Lipinski definition) is 4. The highest BCUT2D eigenvalue weighted by molar-refractivity contribution is 6.08. The summed E-state index contributed by atoms with van der Waals surface area (Å²) in [6, 6.07) is 12.9. The molecule has 2 aromatic carbocycles. The van der Waals surface area contributed by atoms with Crippen LogP contribution in [0, 0.1) is 19.3 Å². The quantitative estimate of drug-likeness (QED) is 0.301. The molecule has 0 radical (unpaired) electrons. The molecule has 0 aliphatic heterocycles. The molecule has 1 heterocycles. The largest absolute Gasteiger partial charge is 0.480 e. The highest BCUT2D eigenvalue weighted by Crippen LogP contribution is 2.39. The lowest BCUT2D eigenvalue weighted by Crippen LogP contribution is -2.52. The second kappa shape index (κ2) is 11.5. The van der Waals surface area contributed by atoms with Gasteiger partial charge in [-0.15, -0.1) is 0 Å². The predicted octanol–water partition coefficient (Wildman–Crippen LogP) is 6.16. The minimum atomic E-state index is -1.06. The number of para-hydroxylation sites is 1. The third kappa shape index (κ3) is 6.02. The third-order valence-corrected chi connectivity index (χ3v) is 7.44. The van der Waals surface area contributed by atoms with E-state index in [1.807, 2.05) is 45.0 Å². The first kappa shape index (κ1) is 26.9. The normalized spacial score (nSPS) is 15.2. The number of carbonyl (C=O) groups excluding carboxylic acids is 2. The molecule has 8 heteroatoms. The van der Waals surface area contributed by atoms with Gasteiger partial charge in [0.15, 0.2) is 0 Å². The lowest BCUT2D eigenvalue weighted by Gasteiger charge is -2.38. The Hall–Kier alpha value is -4.20. The summed E-state index contributed by atoms with van der Waals surface area (Å²) >= 11 is 0. The fourth-order valence-corrected chi connectivity index (χ4v) is 5.23. The van der Waals surface area contributed by atoms with Gasteiger partial charge < -0.3 is 21.1 Å². The third-order valence-electron chi connectivity index (χ3n) is 7.44. The van der Waals surface area contributed by atoms with Crippen LogP contribution in [0.3, 0.4) is 0 Å². The average Bonchev–Trinajstić information content (AvgIpc) is 2.90. The van der Waals surface area contributed by atoms with E-state index in [4.69, 9.17) is 0 Å². The van der Waals surface area contributed by atoms with Crippen molar-refractivity contribution in [3.63, 3.8) is 0 Å². The van der Waals surface area contributed by atoms with Crippen LogP contribution in [0.4, 0.5) is 16.2 Å². The summed E-state index contributed by atoms with van der Waals surface area (Å²) in [5.74, 6) is -1.61. The Labute approximate surface area is 222 Å². The van der Waals surface area contributed by atoms with Crippen LogP contribution in [0.25, 0.3) is 11.1 Å². The smallest absolute Gasteiger partial charge is 0.326 e. The van der Waals surface area contributed by atoms with Crippen molar-refractivity contribution in [3.8, 4) is 11.1 Å². The molecule has 0 bridgehead atoms. The van der Waals surface area contributed by atoms with Gasteiger partial charge in [-0.2, -0.15) is 0 Å². The molecule has 4 rings (SSSR count). The second-order valence-corrected chi connectivity index (χ2v) is 10.3. The van der Waals surface area contributed by atoms with E-state index in [1.165, 1.54) is 0 Å². The van der Waals surface area contributed by atoms with Crippen molar-refractivity contribution in [2.45, 2.75) is 58.9 Å². The molecule has 198 valence electrons. The van der Waals surface area contributed by atoms with E-state index < -0.39 is 29.4 Å². The molecular weight excluding hydrogens is 480 g/mol. The zero-order chi connectivity index (χ0) is 27.3. The molecule has 1 aliphatic carbocycles. The van der Waals surface area contributed by atoms with Crippen LogP contribution in [0.5, 0.6) is 0 Å². The van der Waals surface area contributed by atoms with Crippen LogP contribution in [0.15, 0.2) is 60.9 Å². The molecule has 0 spiro atoms. The van der Waals surface area contributed by atoms with Gasteiger partial charge in [0.25, 0.3) is 5.91 Å². The summed E-state index contributed by atoms with van der Waals surface area (Å²) in [7, 11) is 0. The van der Waals surface area contributed by atoms with Crippen LogP contribution in [0.1, 0.15) is 60.5 Å². The molecule has 3 aromatic rings. The SMILES string of the molecule is Cc1cccc(C)c1NC(=O)Nc1cc(-c2cccnc2)ccc1C(=O)N[C@H](C(=O)O)C1(C)CCCCC1. The Morgan fingerprint density at radius 3 is 2.26 bits per heavy atom. The minimum Gasteiger partial charge on any atom is -0.480 e. The van der Waals surface area contributed by atoms with Gasteiger partial charge in [-0.1, -0.05) is 56.5 Å². The number of pyridine rings is 1. The summed E-state index contributed by atoms with van der Waals surface area (Å²) in [5.41, 5.74) is 3.99. The van der Waals surface area contributed by atoms with Crippen molar-refractivity contribution in [1.29, 1.82) is 0 Å². The number of carboxylic acids is 1. The van der Waals surface area contributed by atoms with Crippen molar-refractivity contribution in [1.82, 2.24) is 10.3 Å². The molecule has 3 amide bonds. The highest BCUT2D eigenvalue weighted by Gasteiger charge is 2.41. The summed E-state index contributed by atoms with van der Waals surface area (Å²) in [6.07, 6.45) is 7.75. The number of carbonyl (C=O) groups is 3. The van der Waals surface area contributed by atoms with Crippen molar-refractivity contribution in [2.75, 3.05) is 10.6 Å². The summed E-state index contributed by atoms with van der Waals surface area (Å²) in [5, 5.41) is 18.5. The van der Waals surface area contributed by atoms with Gasteiger partial charge in [0.05, 0.1) is 11.3 Å². The molecule has 38 heavy (non-hydrogen) atoms. The fourth-order valence-electron chi connectivity index (χ4n) is 5.23. The average molecular weight is 515 g/mol. The molecular formula is C30H34N4O4. The second-order valence-electron chi connectivity index (χ2n) is 10.3. The molecule has 1 aromatic heterocycles. The number of hydrogen-bond acceptors (Lipinski definition) is 4. The molecule has 1 atom stereocenters. The summed E-state index contributed by atoms with van der Waals surface area (Å²) in [4.78, 5) is 43.0. The van der Waals surface area contributed by atoms with Crippen molar-refractivity contribution in [2.24, 2.45) is 5.41 Å². The van der Waals surface area contributed by atoms with Crippen molar-refractivity contribution < 1.29 is 19.5 Å². The molecule has 0 unspecified atom stereocenters. The van der Waals surface area contributed by atoms with Gasteiger partial charge in [0, 0.05) is 23.6 Å². The first-order valence-electron chi connectivity index (χ1n) is 12.9. The lowest BCUT2D eigenvalue weighted by molar-refractivity contribution is -0.143. The number of rotatable bonds is 7. The first-order chi connectivity index (χ1) is 18.2. The number of benzene rings is 2. The van der Waals surface area contributed by atoms with Crippen molar-refractivity contribution >= 4 is 29.3 Å². The predicted molar refractivity (Wildman–Crippen MR) is 148 cm³/mol. The standard InChI is InChI=1S/C30H34N4O4/c1-19-9-7-10-20(2)25(19)33-29(38)32-24-17-21(22-11-8-16-31-18-22)12-13-23(24)27(35)34-26(28(36)37)30(3)14-5-4-6-15-30/h7-13,16-18,26H,4-6,14-15H2,1-3H3,(H,34,35)(H,36,37)(H2,32,33,38)/t26-/m1/s1. The Balaban J connectivity index is 1.65. The maximum Gasteiger partial charge on any atom is 0.326 e. The first-order valence-corrected chi connectivity index (χ1v) is 12.9. The van der Waals surface area contributed by atoms with Gasteiger partial charge in [0.1, 0.15) is 6.04 Å². The molecule has 1 saturated carbocycles. The maximum absolute atomic E-state index is 13.5. The van der Waals surface area contributed by atoms with E-state index in [2.05, 4.69) is 20.9 Å². The van der Waals surface area contributed by atoms with E-state index in [9.17, 15) is 19.5 Å². The Bertz CT molecular complexity index is 1310. The number of nitrogens with one attached hydrogen (secondary N) is 3. The Morgan fingerprint density at radius 2 is 1.63 bits per heavy atom. The Morgan fingerprint density at radius 1 is 0.921 bits per heavy atom.